The summed E-state index contributed by atoms with van der Waals surface area (Å²) in [6.45, 7) is 1.58. The highest BCUT2D eigenvalue weighted by atomic mass is 32.2. The van der Waals surface area contributed by atoms with E-state index in [1.165, 1.54) is 34.8 Å². The van der Waals surface area contributed by atoms with Crippen molar-refractivity contribution in [3.63, 3.8) is 0 Å². The third kappa shape index (κ3) is 3.22. The van der Waals surface area contributed by atoms with Gasteiger partial charge in [0, 0.05) is 13.1 Å². The molecule has 4 rings (SSSR count). The van der Waals surface area contributed by atoms with E-state index in [0.717, 1.165) is 25.9 Å². The van der Waals surface area contributed by atoms with Crippen molar-refractivity contribution in [3.05, 3.63) is 46.6 Å². The number of H-pyrrole nitrogens is 1. The monoisotopic (exact) mass is 373 g/mol. The minimum Gasteiger partial charge on any atom is -0.342 e. The molecule has 0 aliphatic carbocycles. The van der Waals surface area contributed by atoms with Gasteiger partial charge in [-0.1, -0.05) is 11.8 Å². The SMILES string of the molecule is O=C(CSc1nc2c(cnn2-c2ccc(F)cc2)c(=O)[nH]1)N1CCCC1. The number of thioether (sulfide) groups is 1. The largest absolute Gasteiger partial charge is 0.342 e. The smallest absolute Gasteiger partial charge is 0.262 e. The van der Waals surface area contributed by atoms with E-state index in [1.807, 2.05) is 4.90 Å². The van der Waals surface area contributed by atoms with Crippen LogP contribution in [0.1, 0.15) is 12.8 Å². The second-order valence-electron chi connectivity index (χ2n) is 6.02. The molecule has 26 heavy (non-hydrogen) atoms. The van der Waals surface area contributed by atoms with E-state index < -0.39 is 0 Å². The Hall–Kier alpha value is -2.68. The van der Waals surface area contributed by atoms with E-state index >= 15 is 0 Å². The Morgan fingerprint density at radius 2 is 1.96 bits per heavy atom. The number of nitrogens with one attached hydrogen (secondary N) is 1. The van der Waals surface area contributed by atoms with E-state index in [2.05, 4.69) is 15.1 Å². The molecule has 2 aromatic heterocycles. The zero-order valence-corrected chi connectivity index (χ0v) is 14.6. The predicted octanol–water partition coefficient (Wildman–Crippen LogP) is 1.96. The van der Waals surface area contributed by atoms with Gasteiger partial charge in [0.2, 0.25) is 5.91 Å². The van der Waals surface area contributed by atoms with Gasteiger partial charge >= 0.3 is 0 Å². The van der Waals surface area contributed by atoms with E-state index in [9.17, 15) is 14.0 Å². The molecule has 3 heterocycles. The number of amides is 1. The lowest BCUT2D eigenvalue weighted by Crippen LogP contribution is -2.29. The van der Waals surface area contributed by atoms with Crippen molar-refractivity contribution in [2.45, 2.75) is 18.0 Å². The first-order valence-electron chi connectivity index (χ1n) is 8.26. The minimum atomic E-state index is -0.354. The number of nitrogens with zero attached hydrogens (tertiary/aromatic N) is 4. The molecule has 0 radical (unpaired) electrons. The van der Waals surface area contributed by atoms with Crippen molar-refractivity contribution in [1.82, 2.24) is 24.6 Å². The van der Waals surface area contributed by atoms with Gasteiger partial charge in [-0.05, 0) is 37.1 Å². The summed E-state index contributed by atoms with van der Waals surface area (Å²) in [5.41, 5.74) is 0.652. The lowest BCUT2D eigenvalue weighted by Gasteiger charge is -2.14. The van der Waals surface area contributed by atoms with Crippen molar-refractivity contribution in [1.29, 1.82) is 0 Å². The number of aromatic nitrogens is 4. The summed E-state index contributed by atoms with van der Waals surface area (Å²) >= 11 is 1.20. The van der Waals surface area contributed by atoms with Gasteiger partial charge in [-0.25, -0.2) is 14.1 Å². The number of carbonyl (C=O) groups is 1. The highest BCUT2D eigenvalue weighted by Gasteiger charge is 2.19. The van der Waals surface area contributed by atoms with Gasteiger partial charge in [0.1, 0.15) is 11.2 Å². The summed E-state index contributed by atoms with van der Waals surface area (Å²) in [4.78, 5) is 33.4. The molecular formula is C17H16FN5O2S. The number of aromatic amines is 1. The van der Waals surface area contributed by atoms with Crippen LogP contribution in [-0.2, 0) is 4.79 Å². The van der Waals surface area contributed by atoms with Crippen molar-refractivity contribution >= 4 is 28.7 Å². The Balaban J connectivity index is 1.62. The van der Waals surface area contributed by atoms with Gasteiger partial charge in [-0.3, -0.25) is 9.59 Å². The van der Waals surface area contributed by atoms with Gasteiger partial charge < -0.3 is 9.88 Å². The van der Waals surface area contributed by atoms with Gasteiger partial charge in [-0.2, -0.15) is 5.10 Å². The van der Waals surface area contributed by atoms with Crippen LogP contribution in [0.4, 0.5) is 4.39 Å². The highest BCUT2D eigenvalue weighted by molar-refractivity contribution is 7.99. The van der Waals surface area contributed by atoms with E-state index in [0.29, 0.717) is 21.9 Å². The van der Waals surface area contributed by atoms with Crippen molar-refractivity contribution in [3.8, 4) is 5.69 Å². The van der Waals surface area contributed by atoms with E-state index in [-0.39, 0.29) is 23.0 Å². The first-order valence-corrected chi connectivity index (χ1v) is 9.25. The first kappa shape index (κ1) is 16.8. The summed E-state index contributed by atoms with van der Waals surface area (Å²) < 4.78 is 14.6. The standard InChI is InChI=1S/C17H16FN5O2S/c18-11-3-5-12(6-4-11)23-15-13(9-19-23)16(25)21-17(20-15)26-10-14(24)22-7-1-2-8-22/h3-6,9H,1-2,7-8,10H2,(H,20,21,25). The van der Waals surface area contributed by atoms with Crippen LogP contribution in [0.3, 0.4) is 0 Å². The fourth-order valence-electron chi connectivity index (χ4n) is 2.93. The number of carbonyl (C=O) groups excluding carboxylic acids is 1. The topological polar surface area (TPSA) is 83.9 Å². The quantitative estimate of drug-likeness (QED) is 0.558. The lowest BCUT2D eigenvalue weighted by molar-refractivity contribution is -0.127. The summed E-state index contributed by atoms with van der Waals surface area (Å²) in [5, 5.41) is 4.88. The molecule has 1 saturated heterocycles. The number of hydrogen-bond donors (Lipinski definition) is 1. The van der Waals surface area contributed by atoms with Crippen LogP contribution in [0.5, 0.6) is 0 Å². The Bertz CT molecular complexity index is 1010. The average molecular weight is 373 g/mol. The Morgan fingerprint density at radius 3 is 2.69 bits per heavy atom. The van der Waals surface area contributed by atoms with E-state index in [4.69, 9.17) is 0 Å². The molecular weight excluding hydrogens is 357 g/mol. The Labute approximate surface area is 152 Å². The zero-order valence-electron chi connectivity index (χ0n) is 13.8. The second kappa shape index (κ2) is 6.91. The Kier molecular flexibility index (Phi) is 4.46. The number of rotatable bonds is 4. The molecule has 3 aromatic rings. The molecule has 1 aromatic carbocycles. The number of benzene rings is 1. The maximum atomic E-state index is 13.1. The highest BCUT2D eigenvalue weighted by Crippen LogP contribution is 2.19. The lowest BCUT2D eigenvalue weighted by atomic mass is 10.3. The molecule has 0 unspecified atom stereocenters. The molecule has 7 nitrogen and oxygen atoms in total. The molecule has 134 valence electrons. The molecule has 1 amide bonds. The zero-order chi connectivity index (χ0) is 18.1. The van der Waals surface area contributed by atoms with Crippen LogP contribution in [0.2, 0.25) is 0 Å². The number of likely N-dealkylation sites (tertiary alicyclic amines) is 1. The van der Waals surface area contributed by atoms with E-state index in [1.54, 1.807) is 12.1 Å². The molecule has 0 bridgehead atoms. The molecule has 1 aliphatic heterocycles. The van der Waals surface area contributed by atoms with Gasteiger partial charge in [0.15, 0.2) is 10.8 Å². The predicted molar refractivity (Wildman–Crippen MR) is 96.0 cm³/mol. The molecule has 1 N–H and O–H groups in total. The fraction of sp³-hybridized carbons (Fsp3) is 0.294. The summed E-state index contributed by atoms with van der Waals surface area (Å²) in [6, 6.07) is 5.77. The molecule has 0 saturated carbocycles. The van der Waals surface area contributed by atoms with Crippen LogP contribution in [-0.4, -0.2) is 49.4 Å². The molecule has 0 atom stereocenters. The molecule has 1 aliphatic rings. The van der Waals surface area contributed by atoms with Crippen LogP contribution < -0.4 is 5.56 Å². The van der Waals surface area contributed by atoms with Crippen LogP contribution in [0.25, 0.3) is 16.7 Å². The average Bonchev–Trinajstić information content (AvgIpc) is 3.30. The van der Waals surface area contributed by atoms with Crippen molar-refractivity contribution in [2.75, 3.05) is 18.8 Å². The van der Waals surface area contributed by atoms with Crippen molar-refractivity contribution in [2.24, 2.45) is 0 Å². The van der Waals surface area contributed by atoms with Gasteiger partial charge in [-0.15, -0.1) is 0 Å². The number of fused-ring (bicyclic) bond motifs is 1. The third-order valence-electron chi connectivity index (χ3n) is 4.28. The van der Waals surface area contributed by atoms with Gasteiger partial charge in [0.25, 0.3) is 5.56 Å². The molecule has 9 heteroatoms. The number of hydrogen-bond acceptors (Lipinski definition) is 5. The summed E-state index contributed by atoms with van der Waals surface area (Å²) in [5.74, 6) is -0.0888. The first-order chi connectivity index (χ1) is 12.6. The second-order valence-corrected chi connectivity index (χ2v) is 6.98. The van der Waals surface area contributed by atoms with Crippen LogP contribution >= 0.6 is 11.8 Å². The van der Waals surface area contributed by atoms with Gasteiger partial charge in [0.05, 0.1) is 17.6 Å². The Morgan fingerprint density at radius 1 is 1.23 bits per heavy atom. The normalized spacial score (nSPS) is 14.3. The van der Waals surface area contributed by atoms with Crippen molar-refractivity contribution < 1.29 is 9.18 Å². The third-order valence-corrected chi connectivity index (χ3v) is 5.14. The summed E-state index contributed by atoms with van der Waals surface area (Å²) in [7, 11) is 0. The maximum absolute atomic E-state index is 13.1. The molecule has 0 spiro atoms. The summed E-state index contributed by atoms with van der Waals surface area (Å²) in [6.07, 6.45) is 3.50. The fourth-order valence-corrected chi connectivity index (χ4v) is 3.68. The molecule has 1 fully saturated rings. The maximum Gasteiger partial charge on any atom is 0.262 e. The number of halogens is 1. The minimum absolute atomic E-state index is 0.0438. The van der Waals surface area contributed by atoms with Crippen LogP contribution in [0, 0.1) is 5.82 Å². The van der Waals surface area contributed by atoms with Crippen LogP contribution in [0.15, 0.2) is 40.4 Å².